The van der Waals surface area contributed by atoms with Crippen LogP contribution in [0.15, 0.2) is 42.0 Å². The lowest BCUT2D eigenvalue weighted by Crippen LogP contribution is -2.27. The minimum atomic E-state index is -0.354. The van der Waals surface area contributed by atoms with Crippen molar-refractivity contribution in [2.45, 2.75) is 46.7 Å². The van der Waals surface area contributed by atoms with E-state index < -0.39 is 0 Å². The Kier molecular flexibility index (Phi) is 5.82. The van der Waals surface area contributed by atoms with Crippen molar-refractivity contribution in [3.8, 4) is 6.07 Å². The lowest BCUT2D eigenvalue weighted by Gasteiger charge is -2.14. The smallest absolute Gasteiger partial charge is 0.262 e. The topological polar surface area (TPSA) is 57.8 Å². The van der Waals surface area contributed by atoms with Gasteiger partial charge in [-0.25, -0.2) is 0 Å². The predicted molar refractivity (Wildman–Crippen MR) is 101 cm³/mol. The van der Waals surface area contributed by atoms with Gasteiger partial charge >= 0.3 is 0 Å². The molecule has 1 aromatic carbocycles. The number of hydrogen-bond acceptors (Lipinski definition) is 2. The fourth-order valence-corrected chi connectivity index (χ4v) is 3.15. The van der Waals surface area contributed by atoms with Crippen LogP contribution in [0.25, 0.3) is 6.08 Å². The Hall–Kier alpha value is -2.80. The Labute approximate surface area is 149 Å². The predicted octanol–water partition coefficient (Wildman–Crippen LogP) is 4.47. The van der Waals surface area contributed by atoms with Crippen molar-refractivity contribution < 1.29 is 4.79 Å². The maximum absolute atomic E-state index is 12.5. The van der Waals surface area contributed by atoms with E-state index in [9.17, 15) is 10.1 Å². The highest BCUT2D eigenvalue weighted by Crippen LogP contribution is 2.22. The van der Waals surface area contributed by atoms with Gasteiger partial charge < -0.3 is 9.88 Å². The molecule has 1 atom stereocenters. The second-order valence-corrected chi connectivity index (χ2v) is 6.57. The SMILES string of the molecule is Cc1cc(/C=C(/C#N)C(=O)N[C@@H](C)c2ccccc2)c(C)n1C(C)C. The molecule has 0 spiro atoms. The summed E-state index contributed by atoms with van der Waals surface area (Å²) in [6, 6.07) is 13.9. The number of rotatable bonds is 5. The summed E-state index contributed by atoms with van der Waals surface area (Å²) in [6.45, 7) is 10.2. The number of nitrogens with one attached hydrogen (secondary N) is 1. The summed E-state index contributed by atoms with van der Waals surface area (Å²) in [5.74, 6) is -0.354. The summed E-state index contributed by atoms with van der Waals surface area (Å²) in [4.78, 5) is 12.5. The molecular formula is C21H25N3O. The molecule has 1 aromatic heterocycles. The maximum Gasteiger partial charge on any atom is 0.262 e. The molecule has 0 saturated carbocycles. The van der Waals surface area contributed by atoms with E-state index in [4.69, 9.17) is 0 Å². The van der Waals surface area contributed by atoms with Crippen molar-refractivity contribution in [3.63, 3.8) is 0 Å². The van der Waals surface area contributed by atoms with E-state index >= 15 is 0 Å². The largest absolute Gasteiger partial charge is 0.346 e. The summed E-state index contributed by atoms with van der Waals surface area (Å²) in [7, 11) is 0. The molecule has 1 heterocycles. The Bertz CT molecular complexity index is 823. The van der Waals surface area contributed by atoms with E-state index in [-0.39, 0.29) is 17.5 Å². The number of benzene rings is 1. The van der Waals surface area contributed by atoms with Crippen LogP contribution in [0, 0.1) is 25.2 Å². The molecular weight excluding hydrogens is 310 g/mol. The average molecular weight is 335 g/mol. The van der Waals surface area contributed by atoms with Gasteiger partial charge in [-0.3, -0.25) is 4.79 Å². The van der Waals surface area contributed by atoms with Crippen molar-refractivity contribution >= 4 is 12.0 Å². The van der Waals surface area contributed by atoms with Crippen LogP contribution in [0.4, 0.5) is 0 Å². The number of nitrogens with zero attached hydrogens (tertiary/aromatic N) is 2. The monoisotopic (exact) mass is 335 g/mol. The fourth-order valence-electron chi connectivity index (χ4n) is 3.15. The van der Waals surface area contributed by atoms with E-state index in [2.05, 4.69) is 23.7 Å². The molecule has 4 nitrogen and oxygen atoms in total. The van der Waals surface area contributed by atoms with Gasteiger partial charge in [0, 0.05) is 17.4 Å². The molecule has 2 aromatic rings. The van der Waals surface area contributed by atoms with Crippen LogP contribution in [0.1, 0.15) is 55.4 Å². The normalized spacial score (nSPS) is 12.8. The van der Waals surface area contributed by atoms with Crippen LogP contribution in [0.2, 0.25) is 0 Å². The first-order valence-electron chi connectivity index (χ1n) is 8.51. The summed E-state index contributed by atoms with van der Waals surface area (Å²) in [5.41, 5.74) is 4.21. The van der Waals surface area contributed by atoms with Gasteiger partial charge in [0.25, 0.3) is 5.91 Å². The molecule has 0 saturated heterocycles. The average Bonchev–Trinajstić information content (AvgIpc) is 2.86. The first kappa shape index (κ1) is 18.5. The molecule has 0 unspecified atom stereocenters. The van der Waals surface area contributed by atoms with Crippen LogP contribution >= 0.6 is 0 Å². The molecule has 4 heteroatoms. The molecule has 130 valence electrons. The van der Waals surface area contributed by atoms with Crippen LogP contribution in [0.5, 0.6) is 0 Å². The molecule has 0 aliphatic carbocycles. The Morgan fingerprint density at radius 1 is 1.20 bits per heavy atom. The van der Waals surface area contributed by atoms with Gasteiger partial charge in [0.2, 0.25) is 0 Å². The van der Waals surface area contributed by atoms with Gasteiger partial charge in [-0.1, -0.05) is 30.3 Å². The third kappa shape index (κ3) is 4.19. The van der Waals surface area contributed by atoms with Crippen molar-refractivity contribution in [2.24, 2.45) is 0 Å². The number of carbonyl (C=O) groups excluding carboxylic acids is 1. The summed E-state index contributed by atoms with van der Waals surface area (Å²) in [6.07, 6.45) is 1.67. The van der Waals surface area contributed by atoms with Gasteiger partial charge in [0.15, 0.2) is 0 Å². The zero-order chi connectivity index (χ0) is 18.6. The molecule has 2 rings (SSSR count). The van der Waals surface area contributed by atoms with Gasteiger partial charge in [-0.05, 0) is 57.9 Å². The maximum atomic E-state index is 12.5. The highest BCUT2D eigenvalue weighted by atomic mass is 16.1. The lowest BCUT2D eigenvalue weighted by atomic mass is 10.1. The molecule has 0 aliphatic heterocycles. The number of aryl methyl sites for hydroxylation is 1. The van der Waals surface area contributed by atoms with Crippen molar-refractivity contribution in [3.05, 3.63) is 64.5 Å². The van der Waals surface area contributed by atoms with Crippen LogP contribution in [-0.4, -0.2) is 10.5 Å². The quantitative estimate of drug-likeness (QED) is 0.647. The molecule has 0 aliphatic rings. The first-order valence-corrected chi connectivity index (χ1v) is 8.51. The molecule has 0 radical (unpaired) electrons. The van der Waals surface area contributed by atoms with E-state index in [1.807, 2.05) is 63.2 Å². The Morgan fingerprint density at radius 3 is 2.36 bits per heavy atom. The second kappa shape index (κ2) is 7.85. The fraction of sp³-hybridized carbons (Fsp3) is 0.333. The molecule has 25 heavy (non-hydrogen) atoms. The van der Waals surface area contributed by atoms with Crippen LogP contribution in [0.3, 0.4) is 0 Å². The molecule has 0 fully saturated rings. The second-order valence-electron chi connectivity index (χ2n) is 6.57. The van der Waals surface area contributed by atoms with Crippen LogP contribution < -0.4 is 5.32 Å². The number of nitriles is 1. The van der Waals surface area contributed by atoms with E-state index in [1.165, 1.54) is 0 Å². The molecule has 1 N–H and O–H groups in total. The summed E-state index contributed by atoms with van der Waals surface area (Å²) in [5, 5.41) is 12.3. The van der Waals surface area contributed by atoms with Crippen molar-refractivity contribution in [1.82, 2.24) is 9.88 Å². The Morgan fingerprint density at radius 2 is 1.84 bits per heavy atom. The zero-order valence-corrected chi connectivity index (χ0v) is 15.5. The minimum Gasteiger partial charge on any atom is -0.346 e. The van der Waals surface area contributed by atoms with Crippen molar-refractivity contribution in [1.29, 1.82) is 5.26 Å². The standard InChI is InChI=1S/C21H25N3O/c1-14(2)24-15(3)11-19(17(24)5)12-20(13-22)21(25)23-16(4)18-9-7-6-8-10-18/h6-12,14,16H,1-5H3,(H,23,25)/b20-12-/t16-/m0/s1. The summed E-state index contributed by atoms with van der Waals surface area (Å²) < 4.78 is 2.20. The van der Waals surface area contributed by atoms with E-state index in [0.29, 0.717) is 6.04 Å². The van der Waals surface area contributed by atoms with Gasteiger partial charge in [0.05, 0.1) is 6.04 Å². The van der Waals surface area contributed by atoms with E-state index in [1.54, 1.807) is 6.08 Å². The van der Waals surface area contributed by atoms with Gasteiger partial charge in [-0.15, -0.1) is 0 Å². The number of carbonyl (C=O) groups is 1. The van der Waals surface area contributed by atoms with Gasteiger partial charge in [0.1, 0.15) is 11.6 Å². The molecule has 0 bridgehead atoms. The van der Waals surface area contributed by atoms with Gasteiger partial charge in [-0.2, -0.15) is 5.26 Å². The number of hydrogen-bond donors (Lipinski definition) is 1. The zero-order valence-electron chi connectivity index (χ0n) is 15.5. The highest BCUT2D eigenvalue weighted by molar-refractivity contribution is 6.02. The highest BCUT2D eigenvalue weighted by Gasteiger charge is 2.16. The molecule has 1 amide bonds. The third-order valence-electron chi connectivity index (χ3n) is 4.35. The minimum absolute atomic E-state index is 0.117. The lowest BCUT2D eigenvalue weighted by molar-refractivity contribution is -0.117. The Balaban J connectivity index is 2.25. The first-order chi connectivity index (χ1) is 11.8. The van der Waals surface area contributed by atoms with Crippen LogP contribution in [-0.2, 0) is 4.79 Å². The number of aromatic nitrogens is 1. The van der Waals surface area contributed by atoms with Crippen molar-refractivity contribution in [2.75, 3.05) is 0 Å². The van der Waals surface area contributed by atoms with E-state index in [0.717, 1.165) is 22.5 Å². The third-order valence-corrected chi connectivity index (χ3v) is 4.35. The number of amides is 1. The summed E-state index contributed by atoms with van der Waals surface area (Å²) >= 11 is 0.